The van der Waals surface area contributed by atoms with Gasteiger partial charge in [-0.05, 0) is 26.3 Å². The van der Waals surface area contributed by atoms with Crippen LogP contribution in [0.25, 0.3) is 5.70 Å². The molecule has 4 heteroatoms. The van der Waals surface area contributed by atoms with Crippen molar-refractivity contribution in [3.8, 4) is 0 Å². The molecule has 1 aromatic heterocycles. The van der Waals surface area contributed by atoms with Crippen LogP contribution in [-0.4, -0.2) is 21.6 Å². The van der Waals surface area contributed by atoms with Crippen LogP contribution in [0, 0.1) is 0 Å². The molecule has 1 rings (SSSR count). The van der Waals surface area contributed by atoms with E-state index in [0.29, 0.717) is 0 Å². The lowest BCUT2D eigenvalue weighted by Gasteiger charge is -1.94. The fourth-order valence-electron chi connectivity index (χ4n) is 0.859. The van der Waals surface area contributed by atoms with Crippen LogP contribution in [0.5, 0.6) is 0 Å². The lowest BCUT2D eigenvalue weighted by Crippen LogP contribution is -1.83. The van der Waals surface area contributed by atoms with Crippen molar-refractivity contribution in [2.45, 2.75) is 20.8 Å². The first-order valence-electron chi connectivity index (χ1n) is 4.47. The van der Waals surface area contributed by atoms with Crippen molar-refractivity contribution in [3.63, 3.8) is 0 Å². The number of allylic oxidation sites excluding steroid dienone is 3. The molecule has 1 aromatic rings. The van der Waals surface area contributed by atoms with Crippen LogP contribution in [0.2, 0.25) is 0 Å². The predicted octanol–water partition coefficient (Wildman–Crippen LogP) is 2.20. The minimum Gasteiger partial charge on any atom is -0.255 e. The molecule has 0 aliphatic carbocycles. The quantitative estimate of drug-likeness (QED) is 0.743. The van der Waals surface area contributed by atoms with E-state index in [1.807, 2.05) is 39.1 Å². The summed E-state index contributed by atoms with van der Waals surface area (Å²) in [5.41, 5.74) is 2.69. The van der Waals surface area contributed by atoms with Crippen LogP contribution in [-0.2, 0) is 0 Å². The Morgan fingerprint density at radius 2 is 2.21 bits per heavy atom. The first-order chi connectivity index (χ1) is 6.77. The molecule has 0 radical (unpaired) electrons. The summed E-state index contributed by atoms with van der Waals surface area (Å²) in [5.74, 6) is 0. The van der Waals surface area contributed by atoms with E-state index >= 15 is 0 Å². The zero-order valence-electron chi connectivity index (χ0n) is 8.65. The minimum absolute atomic E-state index is 0.757. The molecule has 14 heavy (non-hydrogen) atoms. The first kappa shape index (κ1) is 10.4. The lowest BCUT2D eigenvalue weighted by atomic mass is 10.3. The van der Waals surface area contributed by atoms with Gasteiger partial charge in [-0.25, -0.2) is 0 Å². The Labute approximate surface area is 83.5 Å². The van der Waals surface area contributed by atoms with Gasteiger partial charge in [0.2, 0.25) is 0 Å². The molecule has 0 atom stereocenters. The summed E-state index contributed by atoms with van der Waals surface area (Å²) in [6, 6.07) is 0. The zero-order valence-corrected chi connectivity index (χ0v) is 8.65. The van der Waals surface area contributed by atoms with Crippen LogP contribution >= 0.6 is 0 Å². The Bertz CT molecular complexity index is 357. The van der Waals surface area contributed by atoms with Gasteiger partial charge >= 0.3 is 0 Å². The predicted molar refractivity (Wildman–Crippen MR) is 58.0 cm³/mol. The summed E-state index contributed by atoms with van der Waals surface area (Å²) in [6.07, 6.45) is 7.36. The van der Waals surface area contributed by atoms with Gasteiger partial charge in [0, 0.05) is 6.21 Å². The highest BCUT2D eigenvalue weighted by atomic mass is 15.3. The summed E-state index contributed by atoms with van der Waals surface area (Å²) < 4.78 is 0. The molecule has 0 aromatic carbocycles. The molecule has 1 N–H and O–H groups in total. The number of rotatable bonds is 3. The third kappa shape index (κ3) is 2.65. The SMILES string of the molecule is C\C=C(C)/C=N\C(=C/C)c1cn[nH]n1. The molecule has 0 saturated carbocycles. The van der Waals surface area contributed by atoms with Crippen LogP contribution in [0.15, 0.2) is 28.9 Å². The van der Waals surface area contributed by atoms with Gasteiger partial charge in [-0.1, -0.05) is 12.2 Å². The minimum atomic E-state index is 0.757. The van der Waals surface area contributed by atoms with Crippen LogP contribution in [0.4, 0.5) is 0 Å². The number of nitrogens with one attached hydrogen (secondary N) is 1. The van der Waals surface area contributed by atoms with Crippen molar-refractivity contribution in [1.82, 2.24) is 15.4 Å². The topological polar surface area (TPSA) is 53.9 Å². The fraction of sp³-hybridized carbons (Fsp3) is 0.300. The number of aromatic amines is 1. The summed E-state index contributed by atoms with van der Waals surface area (Å²) in [7, 11) is 0. The molecule has 1 heterocycles. The van der Waals surface area contributed by atoms with E-state index in [2.05, 4.69) is 20.4 Å². The molecule has 0 bridgehead atoms. The highest BCUT2D eigenvalue weighted by Crippen LogP contribution is 2.10. The van der Waals surface area contributed by atoms with E-state index in [9.17, 15) is 0 Å². The van der Waals surface area contributed by atoms with Crippen LogP contribution in [0.3, 0.4) is 0 Å². The van der Waals surface area contributed by atoms with Crippen molar-refractivity contribution in [3.05, 3.63) is 29.6 Å². The summed E-state index contributed by atoms with van der Waals surface area (Å²) >= 11 is 0. The molecule has 0 fully saturated rings. The van der Waals surface area contributed by atoms with E-state index in [-0.39, 0.29) is 0 Å². The second-order valence-electron chi connectivity index (χ2n) is 2.82. The monoisotopic (exact) mass is 190 g/mol. The number of hydrogen-bond acceptors (Lipinski definition) is 3. The Morgan fingerprint density at radius 1 is 1.43 bits per heavy atom. The lowest BCUT2D eigenvalue weighted by molar-refractivity contribution is 0.935. The highest BCUT2D eigenvalue weighted by Gasteiger charge is 1.99. The van der Waals surface area contributed by atoms with Crippen molar-refractivity contribution < 1.29 is 0 Å². The average Bonchev–Trinajstić information content (AvgIpc) is 2.72. The maximum Gasteiger partial charge on any atom is 0.130 e. The average molecular weight is 190 g/mol. The third-order valence-corrected chi connectivity index (χ3v) is 1.81. The fourth-order valence-corrected chi connectivity index (χ4v) is 0.859. The van der Waals surface area contributed by atoms with E-state index in [1.165, 1.54) is 0 Å². The zero-order chi connectivity index (χ0) is 10.4. The van der Waals surface area contributed by atoms with Crippen molar-refractivity contribution in [1.29, 1.82) is 0 Å². The second-order valence-corrected chi connectivity index (χ2v) is 2.82. The molecular formula is C10H14N4. The van der Waals surface area contributed by atoms with Gasteiger partial charge < -0.3 is 0 Å². The number of nitrogens with zero attached hydrogens (tertiary/aromatic N) is 3. The molecule has 0 saturated heterocycles. The Morgan fingerprint density at radius 3 is 2.71 bits per heavy atom. The van der Waals surface area contributed by atoms with Crippen molar-refractivity contribution in [2.75, 3.05) is 0 Å². The second kappa shape index (κ2) is 5.11. The third-order valence-electron chi connectivity index (χ3n) is 1.81. The van der Waals surface area contributed by atoms with Crippen LogP contribution in [0.1, 0.15) is 26.5 Å². The normalized spacial score (nSPS) is 13.9. The van der Waals surface area contributed by atoms with Gasteiger partial charge in [0.05, 0.1) is 11.9 Å². The van der Waals surface area contributed by atoms with E-state index in [4.69, 9.17) is 0 Å². The van der Waals surface area contributed by atoms with Gasteiger partial charge in [-0.2, -0.15) is 15.4 Å². The summed E-state index contributed by atoms with van der Waals surface area (Å²) in [5, 5.41) is 10.2. The van der Waals surface area contributed by atoms with Gasteiger partial charge in [0.25, 0.3) is 0 Å². The van der Waals surface area contributed by atoms with Gasteiger partial charge in [-0.3, -0.25) is 4.99 Å². The van der Waals surface area contributed by atoms with Gasteiger partial charge in [0.15, 0.2) is 0 Å². The van der Waals surface area contributed by atoms with Gasteiger partial charge in [0.1, 0.15) is 5.69 Å². The first-order valence-corrected chi connectivity index (χ1v) is 4.47. The number of hydrogen-bond donors (Lipinski definition) is 1. The molecule has 74 valence electrons. The number of aromatic nitrogens is 3. The maximum atomic E-state index is 4.30. The van der Waals surface area contributed by atoms with Crippen molar-refractivity contribution in [2.24, 2.45) is 4.99 Å². The Kier molecular flexibility index (Phi) is 3.79. The molecule has 0 amide bonds. The summed E-state index contributed by atoms with van der Waals surface area (Å²) in [6.45, 7) is 5.90. The molecule has 0 spiro atoms. The van der Waals surface area contributed by atoms with Gasteiger partial charge in [-0.15, -0.1) is 0 Å². The highest BCUT2D eigenvalue weighted by molar-refractivity contribution is 5.83. The number of aliphatic imine (C=N–C) groups is 1. The Balaban J connectivity index is 2.81. The smallest absolute Gasteiger partial charge is 0.130 e. The van der Waals surface area contributed by atoms with E-state index in [1.54, 1.807) is 6.20 Å². The van der Waals surface area contributed by atoms with Crippen LogP contribution < -0.4 is 0 Å². The largest absolute Gasteiger partial charge is 0.255 e. The Hall–Kier alpha value is -1.71. The molecule has 0 aliphatic rings. The standard InChI is InChI=1S/C10H14N4/c1-4-8(3)6-11-9(5-2)10-7-12-14-13-10/h4-7H,1-3H3,(H,12,13,14)/b8-4-,9-5-,11-6-. The molecule has 0 aliphatic heterocycles. The number of H-pyrrole nitrogens is 1. The summed E-state index contributed by atoms with van der Waals surface area (Å²) in [4.78, 5) is 4.30. The maximum absolute atomic E-state index is 4.30. The van der Waals surface area contributed by atoms with Crippen molar-refractivity contribution >= 4 is 11.9 Å². The van der Waals surface area contributed by atoms with E-state index < -0.39 is 0 Å². The molecular weight excluding hydrogens is 176 g/mol. The van der Waals surface area contributed by atoms with E-state index in [0.717, 1.165) is 17.0 Å². The molecule has 4 nitrogen and oxygen atoms in total. The molecule has 0 unspecified atom stereocenters.